The number of rotatable bonds is 6. The van der Waals surface area contributed by atoms with E-state index in [2.05, 4.69) is 22.0 Å². The standard InChI is InChI=1S/C25H31F2N3O/c1-4-5-21(29-14-15-30-22(16-29)24(31)28-25(30,2)3)23(17-6-10-19(26)11-7-17)18-8-12-20(27)13-9-18/h6-13,21-23H,4-5,14-16H2,1-3H3,(H,28,31). The van der Waals surface area contributed by atoms with Crippen molar-refractivity contribution in [1.82, 2.24) is 15.1 Å². The Morgan fingerprint density at radius 1 is 1.00 bits per heavy atom. The molecule has 2 saturated heterocycles. The van der Waals surface area contributed by atoms with Crippen molar-refractivity contribution in [3.05, 3.63) is 71.3 Å². The van der Waals surface area contributed by atoms with Crippen LogP contribution in [0.1, 0.15) is 50.7 Å². The number of amides is 1. The SMILES string of the molecule is CCCC(C(c1ccc(F)cc1)c1ccc(F)cc1)N1CCN2C(C1)C(=O)NC2(C)C. The lowest BCUT2D eigenvalue weighted by Gasteiger charge is -2.46. The van der Waals surface area contributed by atoms with Crippen LogP contribution in [0.2, 0.25) is 0 Å². The summed E-state index contributed by atoms with van der Waals surface area (Å²) in [4.78, 5) is 17.3. The first-order valence-electron chi connectivity index (χ1n) is 11.1. The molecule has 2 aromatic carbocycles. The summed E-state index contributed by atoms with van der Waals surface area (Å²) in [5, 5.41) is 3.11. The molecule has 2 heterocycles. The van der Waals surface area contributed by atoms with Crippen LogP contribution >= 0.6 is 0 Å². The van der Waals surface area contributed by atoms with Gasteiger partial charge in [0.05, 0.1) is 5.66 Å². The number of fused-ring (bicyclic) bond motifs is 1. The summed E-state index contributed by atoms with van der Waals surface area (Å²) in [5.74, 6) is -0.505. The number of carbonyl (C=O) groups excluding carboxylic acids is 1. The van der Waals surface area contributed by atoms with E-state index in [1.54, 1.807) is 0 Å². The summed E-state index contributed by atoms with van der Waals surface area (Å²) in [5.41, 5.74) is 1.68. The average molecular weight is 428 g/mol. The molecule has 166 valence electrons. The van der Waals surface area contributed by atoms with Gasteiger partial charge in [-0.1, -0.05) is 37.6 Å². The van der Waals surface area contributed by atoms with Crippen LogP contribution in [0.3, 0.4) is 0 Å². The molecule has 0 aromatic heterocycles. The third kappa shape index (κ3) is 4.37. The molecule has 2 fully saturated rings. The highest BCUT2D eigenvalue weighted by atomic mass is 19.1. The highest BCUT2D eigenvalue weighted by Gasteiger charge is 2.48. The van der Waals surface area contributed by atoms with Crippen molar-refractivity contribution in [1.29, 1.82) is 0 Å². The number of nitrogens with zero attached hydrogens (tertiary/aromatic N) is 2. The number of halogens is 2. The van der Waals surface area contributed by atoms with Gasteiger partial charge in [0.15, 0.2) is 0 Å². The largest absolute Gasteiger partial charge is 0.337 e. The van der Waals surface area contributed by atoms with Gasteiger partial charge in [-0.05, 0) is 55.7 Å². The smallest absolute Gasteiger partial charge is 0.240 e. The summed E-state index contributed by atoms with van der Waals surface area (Å²) < 4.78 is 27.3. The van der Waals surface area contributed by atoms with E-state index >= 15 is 0 Å². The van der Waals surface area contributed by atoms with Crippen LogP contribution in [0.25, 0.3) is 0 Å². The molecule has 6 heteroatoms. The van der Waals surface area contributed by atoms with E-state index in [1.165, 1.54) is 24.3 Å². The summed E-state index contributed by atoms with van der Waals surface area (Å²) in [6.07, 6.45) is 1.91. The fourth-order valence-corrected chi connectivity index (χ4v) is 5.29. The van der Waals surface area contributed by atoms with Crippen molar-refractivity contribution in [2.45, 2.75) is 57.3 Å². The first-order valence-corrected chi connectivity index (χ1v) is 11.1. The predicted octanol–water partition coefficient (Wildman–Crippen LogP) is 4.12. The Morgan fingerprint density at radius 2 is 1.55 bits per heavy atom. The Kier molecular flexibility index (Phi) is 6.13. The number of benzene rings is 2. The molecule has 1 N–H and O–H groups in total. The second-order valence-electron chi connectivity index (χ2n) is 9.19. The van der Waals surface area contributed by atoms with E-state index in [0.29, 0.717) is 6.54 Å². The molecule has 4 rings (SSSR count). The topological polar surface area (TPSA) is 35.6 Å². The molecule has 2 aromatic rings. The predicted molar refractivity (Wildman–Crippen MR) is 118 cm³/mol. The molecule has 0 radical (unpaired) electrons. The highest BCUT2D eigenvalue weighted by molar-refractivity contribution is 5.85. The molecule has 1 amide bonds. The van der Waals surface area contributed by atoms with Crippen molar-refractivity contribution in [2.75, 3.05) is 19.6 Å². The number of piperazine rings is 1. The molecule has 0 bridgehead atoms. The maximum atomic E-state index is 13.7. The molecule has 0 saturated carbocycles. The molecule has 2 aliphatic heterocycles. The van der Waals surface area contributed by atoms with Gasteiger partial charge in [-0.2, -0.15) is 0 Å². The van der Waals surface area contributed by atoms with Gasteiger partial charge in [0, 0.05) is 31.6 Å². The van der Waals surface area contributed by atoms with Crippen molar-refractivity contribution < 1.29 is 13.6 Å². The number of hydrogen-bond donors (Lipinski definition) is 1. The molecular formula is C25H31F2N3O. The Hall–Kier alpha value is -2.31. The normalized spacial score (nSPS) is 22.4. The van der Waals surface area contributed by atoms with Crippen LogP contribution in [0.5, 0.6) is 0 Å². The van der Waals surface area contributed by atoms with Gasteiger partial charge < -0.3 is 5.32 Å². The molecule has 0 aliphatic carbocycles. The third-order valence-electron chi connectivity index (χ3n) is 6.76. The summed E-state index contributed by atoms with van der Waals surface area (Å²) >= 11 is 0. The lowest BCUT2D eigenvalue weighted by Crippen LogP contribution is -2.59. The first kappa shape index (κ1) is 21.9. The van der Waals surface area contributed by atoms with E-state index in [9.17, 15) is 13.6 Å². The van der Waals surface area contributed by atoms with Crippen molar-refractivity contribution >= 4 is 5.91 Å². The zero-order chi connectivity index (χ0) is 22.2. The fourth-order valence-electron chi connectivity index (χ4n) is 5.29. The van der Waals surface area contributed by atoms with E-state index < -0.39 is 0 Å². The van der Waals surface area contributed by atoms with E-state index in [0.717, 1.165) is 37.1 Å². The second-order valence-corrected chi connectivity index (χ2v) is 9.19. The van der Waals surface area contributed by atoms with E-state index in [4.69, 9.17) is 0 Å². The van der Waals surface area contributed by atoms with Crippen LogP contribution in [-0.4, -0.2) is 53.1 Å². The van der Waals surface area contributed by atoms with Gasteiger partial charge in [0.2, 0.25) is 5.91 Å². The minimum atomic E-state index is -0.332. The maximum Gasteiger partial charge on any atom is 0.240 e. The van der Waals surface area contributed by atoms with Crippen molar-refractivity contribution in [2.24, 2.45) is 0 Å². The minimum Gasteiger partial charge on any atom is -0.337 e. The molecular weight excluding hydrogens is 396 g/mol. The van der Waals surface area contributed by atoms with E-state index in [-0.39, 0.29) is 41.2 Å². The molecule has 2 unspecified atom stereocenters. The lowest BCUT2D eigenvalue weighted by molar-refractivity contribution is -0.123. The summed E-state index contributed by atoms with van der Waals surface area (Å²) in [6, 6.07) is 13.2. The molecule has 31 heavy (non-hydrogen) atoms. The maximum absolute atomic E-state index is 13.7. The van der Waals surface area contributed by atoms with Crippen LogP contribution < -0.4 is 5.32 Å². The van der Waals surface area contributed by atoms with Crippen LogP contribution in [-0.2, 0) is 4.79 Å². The highest BCUT2D eigenvalue weighted by Crippen LogP contribution is 2.36. The molecule has 2 atom stereocenters. The van der Waals surface area contributed by atoms with Crippen molar-refractivity contribution in [3.8, 4) is 0 Å². The average Bonchev–Trinajstić information content (AvgIpc) is 2.98. The Balaban J connectivity index is 1.69. The quantitative estimate of drug-likeness (QED) is 0.753. The monoisotopic (exact) mass is 427 g/mol. The minimum absolute atomic E-state index is 0.0369. The summed E-state index contributed by atoms with van der Waals surface area (Å²) in [6.45, 7) is 8.54. The van der Waals surface area contributed by atoms with Gasteiger partial charge in [-0.3, -0.25) is 14.6 Å². The fraction of sp³-hybridized carbons (Fsp3) is 0.480. The lowest BCUT2D eigenvalue weighted by atomic mass is 9.81. The van der Waals surface area contributed by atoms with Gasteiger partial charge >= 0.3 is 0 Å². The number of nitrogens with one attached hydrogen (secondary N) is 1. The summed E-state index contributed by atoms with van der Waals surface area (Å²) in [7, 11) is 0. The van der Waals surface area contributed by atoms with Gasteiger partial charge in [0.1, 0.15) is 17.7 Å². The van der Waals surface area contributed by atoms with Gasteiger partial charge in [-0.25, -0.2) is 8.78 Å². The van der Waals surface area contributed by atoms with Crippen LogP contribution in [0, 0.1) is 11.6 Å². The third-order valence-corrected chi connectivity index (χ3v) is 6.76. The number of carbonyl (C=O) groups is 1. The molecule has 2 aliphatic rings. The Labute approximate surface area is 183 Å². The van der Waals surface area contributed by atoms with Crippen molar-refractivity contribution in [3.63, 3.8) is 0 Å². The van der Waals surface area contributed by atoms with Crippen LogP contribution in [0.4, 0.5) is 8.78 Å². The zero-order valence-electron chi connectivity index (χ0n) is 18.4. The Morgan fingerprint density at radius 3 is 2.06 bits per heavy atom. The molecule has 0 spiro atoms. The first-order chi connectivity index (χ1) is 14.8. The zero-order valence-corrected chi connectivity index (χ0v) is 18.4. The Bertz CT molecular complexity index is 868. The molecule has 4 nitrogen and oxygen atoms in total. The van der Waals surface area contributed by atoms with Crippen LogP contribution in [0.15, 0.2) is 48.5 Å². The number of hydrogen-bond acceptors (Lipinski definition) is 3. The van der Waals surface area contributed by atoms with Gasteiger partial charge in [0.25, 0.3) is 0 Å². The second kappa shape index (κ2) is 8.67. The van der Waals surface area contributed by atoms with E-state index in [1.807, 2.05) is 38.1 Å². The van der Waals surface area contributed by atoms with Gasteiger partial charge in [-0.15, -0.1) is 0 Å².